The van der Waals surface area contributed by atoms with Crippen molar-refractivity contribution in [3.8, 4) is 0 Å². The highest BCUT2D eigenvalue weighted by Crippen LogP contribution is 2.26. The maximum Gasteiger partial charge on any atom is 0.326 e. The van der Waals surface area contributed by atoms with Crippen molar-refractivity contribution < 1.29 is 78.1 Å². The molecule has 324 valence electrons. The smallest absolute Gasteiger partial charge is 0.326 e. The van der Waals surface area contributed by atoms with Gasteiger partial charge < -0.3 is 72.1 Å². The highest BCUT2D eigenvalue weighted by atomic mass is 32.2. The highest BCUT2D eigenvalue weighted by molar-refractivity contribution is 7.99. The van der Waals surface area contributed by atoms with Crippen LogP contribution in [0.4, 0.5) is 0 Å². The molecule has 23 heteroatoms. The number of aliphatic carboxylic acids is 3. The zero-order chi connectivity index (χ0) is 43.7. The zero-order valence-corrected chi connectivity index (χ0v) is 33.0. The number of nitrogens with two attached hydrogens (primary N) is 1. The fourth-order valence-corrected chi connectivity index (χ4v) is 6.25. The number of carbonyl (C=O) groups excluding carboxylic acids is 5. The first-order chi connectivity index (χ1) is 27.2. The number of hydrogen-bond donors (Lipinski definition) is 11. The van der Waals surface area contributed by atoms with E-state index in [2.05, 4.69) is 26.6 Å². The number of amides is 5. The monoisotopic (exact) mass is 844 g/mol. The van der Waals surface area contributed by atoms with Crippen LogP contribution in [0.5, 0.6) is 0 Å². The fraction of sp³-hybridized carbons (Fsp3) is 0.600. The summed E-state index contributed by atoms with van der Waals surface area (Å²) in [6.07, 6.45) is -7.85. The Hall–Kier alpha value is -4.91. The Kier molecular flexibility index (Phi) is 20.5. The maximum atomic E-state index is 13.2. The van der Waals surface area contributed by atoms with E-state index in [1.165, 1.54) is 27.7 Å². The van der Waals surface area contributed by atoms with Crippen LogP contribution in [-0.4, -0.2) is 158 Å². The van der Waals surface area contributed by atoms with Gasteiger partial charge in [-0.25, -0.2) is 4.79 Å². The first-order valence-corrected chi connectivity index (χ1v) is 19.2. The Balaban J connectivity index is 2.05. The summed E-state index contributed by atoms with van der Waals surface area (Å²) in [6, 6.07) is 0.726. The van der Waals surface area contributed by atoms with Gasteiger partial charge >= 0.3 is 17.9 Å². The molecule has 0 aromatic heterocycles. The van der Waals surface area contributed by atoms with Crippen LogP contribution in [0, 0.1) is 0 Å². The minimum atomic E-state index is -1.66. The standard InChI is InChI=1S/C35H52N6O16S/c1-16(29(46)41-22(34(53)54)10-11-25(44)40-23(15-58-14-21(36)33(51)52)31(48)38-17(2)32(49)50)37-30(47)18(3)56-28-26(39-19(4)43)35(57-24(12-42)27(28)45)55-13-20-8-6-5-7-9-20/h5-9,16-18,21-24,26-28,35,42,45H,10-15,36H2,1-4H3,(H,37,47)(H,38,48)(H,39,43)(H,40,44)(H,41,46)(H,49,50)(H,51,52)(H,53,54)/t16-,17+,18+,21-,22+,23+,24?,26?,27+,28?,35-/m0/s1. The Labute approximate surface area is 337 Å². The Bertz CT molecular complexity index is 1590. The second-order valence-corrected chi connectivity index (χ2v) is 14.4. The van der Waals surface area contributed by atoms with Gasteiger partial charge in [0.1, 0.15) is 60.7 Å². The second kappa shape index (κ2) is 24.1. The molecule has 2 rings (SSSR count). The molecule has 22 nitrogen and oxygen atoms in total. The summed E-state index contributed by atoms with van der Waals surface area (Å²) in [5.74, 6) is -8.76. The van der Waals surface area contributed by atoms with Crippen LogP contribution in [0.1, 0.15) is 46.1 Å². The van der Waals surface area contributed by atoms with Crippen LogP contribution in [-0.2, 0) is 59.2 Å². The van der Waals surface area contributed by atoms with Crippen molar-refractivity contribution >= 4 is 59.2 Å². The number of aliphatic hydroxyl groups is 2. The van der Waals surface area contributed by atoms with Gasteiger partial charge in [-0.3, -0.25) is 33.6 Å². The molecular formula is C35H52N6O16S. The van der Waals surface area contributed by atoms with Crippen LogP contribution in [0.3, 0.4) is 0 Å². The number of carboxylic acids is 3. The van der Waals surface area contributed by atoms with E-state index >= 15 is 0 Å². The topological polar surface area (TPSA) is 352 Å². The number of hydrogen-bond acceptors (Lipinski definition) is 15. The van der Waals surface area contributed by atoms with Crippen molar-refractivity contribution in [2.45, 2.75) is 114 Å². The number of aliphatic hydroxyl groups excluding tert-OH is 2. The average Bonchev–Trinajstić information content (AvgIpc) is 3.16. The minimum Gasteiger partial charge on any atom is -0.480 e. The van der Waals surface area contributed by atoms with E-state index in [1.54, 1.807) is 30.3 Å². The van der Waals surface area contributed by atoms with Gasteiger partial charge in [0.05, 0.1) is 13.2 Å². The molecule has 0 spiro atoms. The molecular weight excluding hydrogens is 792 g/mol. The molecule has 1 aromatic rings. The van der Waals surface area contributed by atoms with Crippen LogP contribution >= 0.6 is 11.8 Å². The van der Waals surface area contributed by atoms with Crippen molar-refractivity contribution in [2.75, 3.05) is 18.1 Å². The number of nitrogens with one attached hydrogen (secondary N) is 5. The number of carboxylic acid groups (broad SMARTS) is 3. The number of benzene rings is 1. The summed E-state index contributed by atoms with van der Waals surface area (Å²) in [7, 11) is 0. The van der Waals surface area contributed by atoms with Gasteiger partial charge in [-0.15, -0.1) is 0 Å². The van der Waals surface area contributed by atoms with E-state index in [4.69, 9.17) is 30.2 Å². The first-order valence-electron chi connectivity index (χ1n) is 18.0. The third-order valence-electron chi connectivity index (χ3n) is 8.52. The fourth-order valence-electron chi connectivity index (χ4n) is 5.25. The van der Waals surface area contributed by atoms with Gasteiger partial charge in [0.25, 0.3) is 0 Å². The lowest BCUT2D eigenvalue weighted by molar-refractivity contribution is -0.283. The number of ether oxygens (including phenoxy) is 3. The molecule has 0 radical (unpaired) electrons. The minimum absolute atomic E-state index is 0.0176. The maximum absolute atomic E-state index is 13.2. The van der Waals surface area contributed by atoms with Crippen molar-refractivity contribution in [1.82, 2.24) is 26.6 Å². The Morgan fingerprint density at radius 3 is 2.03 bits per heavy atom. The van der Waals surface area contributed by atoms with Gasteiger partial charge in [-0.2, -0.15) is 11.8 Å². The summed E-state index contributed by atoms with van der Waals surface area (Å²) >= 11 is 0.892. The first kappa shape index (κ1) is 49.2. The SMILES string of the molecule is CC(=O)NC1C(O[C@H](C)C(=O)N[C@@H](C)C(=O)N[C@H](CCC(=O)N[C@H](CSC[C@H](N)C(=O)O)C(=O)N[C@H](C)C(=O)O)C(=O)O)[C@H](O)C(CO)O[C@@H]1OCc1ccccc1. The van der Waals surface area contributed by atoms with Crippen molar-refractivity contribution in [1.29, 1.82) is 0 Å². The van der Waals surface area contributed by atoms with Gasteiger partial charge in [0, 0.05) is 24.9 Å². The van der Waals surface area contributed by atoms with E-state index in [0.717, 1.165) is 17.3 Å². The third kappa shape index (κ3) is 16.2. The van der Waals surface area contributed by atoms with Gasteiger partial charge in [-0.05, 0) is 32.8 Å². The second-order valence-electron chi connectivity index (χ2n) is 13.3. The molecule has 1 aliphatic heterocycles. The van der Waals surface area contributed by atoms with Crippen molar-refractivity contribution in [3.05, 3.63) is 35.9 Å². The summed E-state index contributed by atoms with van der Waals surface area (Å²) in [6.45, 7) is 4.24. The zero-order valence-electron chi connectivity index (χ0n) is 32.2. The number of carbonyl (C=O) groups is 8. The lowest BCUT2D eigenvalue weighted by Gasteiger charge is -2.44. The summed E-state index contributed by atoms with van der Waals surface area (Å²) in [5, 5.41) is 60.5. The summed E-state index contributed by atoms with van der Waals surface area (Å²) < 4.78 is 17.5. The number of rotatable bonds is 24. The molecule has 0 saturated carbocycles. The predicted octanol–water partition coefficient (Wildman–Crippen LogP) is -3.37. The van der Waals surface area contributed by atoms with E-state index < -0.39 is 134 Å². The van der Waals surface area contributed by atoms with Crippen LogP contribution in [0.25, 0.3) is 0 Å². The van der Waals surface area contributed by atoms with Gasteiger partial charge in [-0.1, -0.05) is 30.3 Å². The van der Waals surface area contributed by atoms with Crippen molar-refractivity contribution in [2.24, 2.45) is 5.73 Å². The lowest BCUT2D eigenvalue weighted by atomic mass is 9.96. The quantitative estimate of drug-likeness (QED) is 0.0484. The molecule has 12 N–H and O–H groups in total. The van der Waals surface area contributed by atoms with E-state index in [1.807, 2.05) is 0 Å². The van der Waals surface area contributed by atoms with Crippen LogP contribution in [0.2, 0.25) is 0 Å². The predicted molar refractivity (Wildman–Crippen MR) is 201 cm³/mol. The molecule has 0 bridgehead atoms. The Morgan fingerprint density at radius 1 is 0.828 bits per heavy atom. The molecule has 58 heavy (non-hydrogen) atoms. The molecule has 1 aliphatic rings. The molecule has 1 fully saturated rings. The van der Waals surface area contributed by atoms with E-state index in [9.17, 15) is 53.7 Å². The highest BCUT2D eigenvalue weighted by Gasteiger charge is 2.48. The summed E-state index contributed by atoms with van der Waals surface area (Å²) in [5.41, 5.74) is 6.22. The lowest BCUT2D eigenvalue weighted by Crippen LogP contribution is -2.66. The summed E-state index contributed by atoms with van der Waals surface area (Å²) in [4.78, 5) is 98.1. The molecule has 3 unspecified atom stereocenters. The average molecular weight is 845 g/mol. The van der Waals surface area contributed by atoms with Gasteiger partial charge in [0.15, 0.2) is 6.29 Å². The molecule has 1 saturated heterocycles. The molecule has 1 aromatic carbocycles. The molecule has 5 amide bonds. The molecule has 1 heterocycles. The molecule has 11 atom stereocenters. The number of thioether (sulfide) groups is 1. The van der Waals surface area contributed by atoms with Crippen LogP contribution in [0.15, 0.2) is 30.3 Å². The van der Waals surface area contributed by atoms with Crippen molar-refractivity contribution in [3.63, 3.8) is 0 Å². The van der Waals surface area contributed by atoms with E-state index in [-0.39, 0.29) is 18.1 Å². The normalized spacial score (nSPS) is 22.1. The van der Waals surface area contributed by atoms with Gasteiger partial charge in [0.2, 0.25) is 29.5 Å². The van der Waals surface area contributed by atoms with E-state index in [0.29, 0.717) is 0 Å². The Morgan fingerprint density at radius 2 is 1.47 bits per heavy atom. The molecule has 0 aliphatic carbocycles. The third-order valence-corrected chi connectivity index (χ3v) is 9.68. The van der Waals surface area contributed by atoms with Crippen LogP contribution < -0.4 is 32.3 Å². The largest absolute Gasteiger partial charge is 0.480 e.